The van der Waals surface area contributed by atoms with Crippen LogP contribution in [0.15, 0.2) is 42.5 Å². The maximum absolute atomic E-state index is 12.6. The van der Waals surface area contributed by atoms with E-state index in [4.69, 9.17) is 25.8 Å². The largest absolute Gasteiger partial charge is 0.493 e. The summed E-state index contributed by atoms with van der Waals surface area (Å²) in [7, 11) is 2.81. The molecule has 0 saturated carbocycles. The summed E-state index contributed by atoms with van der Waals surface area (Å²) in [6.45, 7) is 4.27. The normalized spacial score (nSPS) is 11.7. The van der Waals surface area contributed by atoms with Gasteiger partial charge in [0.15, 0.2) is 11.5 Å². The molecule has 156 valence electrons. The summed E-state index contributed by atoms with van der Waals surface area (Å²) in [4.78, 5) is 24.6. The van der Waals surface area contributed by atoms with Gasteiger partial charge >= 0.3 is 5.97 Å². The van der Waals surface area contributed by atoms with Gasteiger partial charge in [0.2, 0.25) is 0 Å². The van der Waals surface area contributed by atoms with Crippen molar-refractivity contribution in [1.82, 2.24) is 5.32 Å². The second kappa shape index (κ2) is 10.7. The lowest BCUT2D eigenvalue weighted by Crippen LogP contribution is -2.42. The molecule has 2 rings (SSSR count). The van der Waals surface area contributed by atoms with Crippen LogP contribution in [-0.4, -0.2) is 32.1 Å². The van der Waals surface area contributed by atoms with Crippen LogP contribution < -0.4 is 14.8 Å². The molecule has 0 aromatic heterocycles. The van der Waals surface area contributed by atoms with Gasteiger partial charge in [-0.2, -0.15) is 0 Å². The molecule has 0 fully saturated rings. The van der Waals surface area contributed by atoms with Gasteiger partial charge in [-0.15, -0.1) is 0 Å². The van der Waals surface area contributed by atoms with Crippen LogP contribution in [0.3, 0.4) is 0 Å². The van der Waals surface area contributed by atoms with Crippen molar-refractivity contribution in [3.05, 3.63) is 58.6 Å². The van der Waals surface area contributed by atoms with E-state index in [1.807, 2.05) is 26.0 Å². The minimum Gasteiger partial charge on any atom is -0.493 e. The Labute approximate surface area is 176 Å². The lowest BCUT2D eigenvalue weighted by atomic mass is 10.0. The van der Waals surface area contributed by atoms with Gasteiger partial charge in [0.25, 0.3) is 5.91 Å². The van der Waals surface area contributed by atoms with Crippen molar-refractivity contribution in [2.75, 3.05) is 14.2 Å². The molecule has 0 saturated heterocycles. The molecule has 0 aliphatic rings. The lowest BCUT2D eigenvalue weighted by molar-refractivity contribution is -0.143. The van der Waals surface area contributed by atoms with Crippen molar-refractivity contribution in [1.29, 1.82) is 0 Å². The maximum atomic E-state index is 12.6. The standard InChI is InChI=1S/C22H26ClNO5/c1-14(2)11-18(22(26)28-4)24-21(25)16-7-10-19(20(12-16)27-3)29-13-15-5-8-17(23)9-6-15/h5-10,12,14,18H,11,13H2,1-4H3,(H,24,25). The third-order valence-corrected chi connectivity index (χ3v) is 4.48. The maximum Gasteiger partial charge on any atom is 0.328 e. The molecule has 0 heterocycles. The molecule has 2 aromatic rings. The summed E-state index contributed by atoms with van der Waals surface area (Å²) in [6.07, 6.45) is 0.484. The van der Waals surface area contributed by atoms with Crippen LogP contribution in [0.4, 0.5) is 0 Å². The number of esters is 1. The summed E-state index contributed by atoms with van der Waals surface area (Å²) in [6, 6.07) is 11.5. The van der Waals surface area contributed by atoms with Crippen molar-refractivity contribution in [2.45, 2.75) is 32.9 Å². The minimum atomic E-state index is -0.709. The summed E-state index contributed by atoms with van der Waals surface area (Å²) < 4.78 is 16.0. The Morgan fingerprint density at radius 2 is 1.72 bits per heavy atom. The quantitative estimate of drug-likeness (QED) is 0.615. The first-order valence-corrected chi connectivity index (χ1v) is 9.65. The molecule has 0 spiro atoms. The number of rotatable bonds is 9. The monoisotopic (exact) mass is 419 g/mol. The number of hydrogen-bond donors (Lipinski definition) is 1. The van der Waals surface area contributed by atoms with Gasteiger partial charge in [-0.3, -0.25) is 4.79 Å². The first-order valence-electron chi connectivity index (χ1n) is 9.28. The van der Waals surface area contributed by atoms with Crippen LogP contribution in [0.5, 0.6) is 11.5 Å². The molecular formula is C22H26ClNO5. The molecule has 29 heavy (non-hydrogen) atoms. The smallest absolute Gasteiger partial charge is 0.328 e. The molecule has 1 unspecified atom stereocenters. The fraction of sp³-hybridized carbons (Fsp3) is 0.364. The molecule has 2 aromatic carbocycles. The number of ether oxygens (including phenoxy) is 3. The molecule has 0 radical (unpaired) electrons. The van der Waals surface area contributed by atoms with Gasteiger partial charge < -0.3 is 19.5 Å². The molecule has 0 aliphatic carbocycles. The SMILES string of the molecule is COC(=O)C(CC(C)C)NC(=O)c1ccc(OCc2ccc(Cl)cc2)c(OC)c1. The summed E-state index contributed by atoms with van der Waals surface area (Å²) in [5.41, 5.74) is 1.31. The van der Waals surface area contributed by atoms with Crippen molar-refractivity contribution < 1.29 is 23.8 Å². The lowest BCUT2D eigenvalue weighted by Gasteiger charge is -2.19. The Morgan fingerprint density at radius 1 is 1.03 bits per heavy atom. The predicted octanol–water partition coefficient (Wildman–Crippen LogP) is 4.25. The van der Waals surface area contributed by atoms with Crippen LogP contribution in [-0.2, 0) is 16.1 Å². The number of carbonyl (C=O) groups excluding carboxylic acids is 2. The number of methoxy groups -OCH3 is 2. The predicted molar refractivity (Wildman–Crippen MR) is 112 cm³/mol. The van der Waals surface area contributed by atoms with Crippen LogP contribution in [0.25, 0.3) is 0 Å². The minimum absolute atomic E-state index is 0.220. The van der Waals surface area contributed by atoms with E-state index in [1.54, 1.807) is 30.3 Å². The third kappa shape index (κ3) is 6.68. The molecule has 0 bridgehead atoms. The number of carbonyl (C=O) groups is 2. The molecular weight excluding hydrogens is 394 g/mol. The van der Waals surface area contributed by atoms with Gasteiger partial charge in [-0.05, 0) is 48.2 Å². The van der Waals surface area contributed by atoms with Crippen LogP contribution in [0, 0.1) is 5.92 Å². The fourth-order valence-corrected chi connectivity index (χ4v) is 2.87. The van der Waals surface area contributed by atoms with E-state index in [-0.39, 0.29) is 11.8 Å². The highest BCUT2D eigenvalue weighted by atomic mass is 35.5. The average molecular weight is 420 g/mol. The summed E-state index contributed by atoms with van der Waals surface area (Å²) in [5.74, 6) is 0.291. The van der Waals surface area contributed by atoms with E-state index < -0.39 is 12.0 Å². The van der Waals surface area contributed by atoms with Gasteiger partial charge in [0.1, 0.15) is 12.6 Å². The molecule has 1 N–H and O–H groups in total. The zero-order valence-corrected chi connectivity index (χ0v) is 17.8. The van der Waals surface area contributed by atoms with E-state index >= 15 is 0 Å². The summed E-state index contributed by atoms with van der Waals surface area (Å²) in [5, 5.41) is 3.38. The number of halogens is 1. The van der Waals surface area contributed by atoms with E-state index in [9.17, 15) is 9.59 Å². The summed E-state index contributed by atoms with van der Waals surface area (Å²) >= 11 is 5.89. The molecule has 7 heteroatoms. The Hall–Kier alpha value is -2.73. The van der Waals surface area contributed by atoms with Crippen LogP contribution >= 0.6 is 11.6 Å². The number of benzene rings is 2. The highest BCUT2D eigenvalue weighted by Gasteiger charge is 2.23. The van der Waals surface area contributed by atoms with E-state index in [0.29, 0.717) is 35.1 Å². The third-order valence-electron chi connectivity index (χ3n) is 4.23. The Bertz CT molecular complexity index is 836. The topological polar surface area (TPSA) is 73.9 Å². The highest BCUT2D eigenvalue weighted by molar-refractivity contribution is 6.30. The molecule has 0 aliphatic heterocycles. The highest BCUT2D eigenvalue weighted by Crippen LogP contribution is 2.29. The number of nitrogens with one attached hydrogen (secondary N) is 1. The van der Waals surface area contributed by atoms with E-state index in [2.05, 4.69) is 5.32 Å². The Morgan fingerprint density at radius 3 is 2.31 bits per heavy atom. The zero-order chi connectivity index (χ0) is 21.4. The van der Waals surface area contributed by atoms with Crippen LogP contribution in [0.2, 0.25) is 5.02 Å². The Kier molecular flexibility index (Phi) is 8.34. The van der Waals surface area contributed by atoms with E-state index in [0.717, 1.165) is 5.56 Å². The first-order chi connectivity index (χ1) is 13.8. The van der Waals surface area contributed by atoms with Crippen molar-refractivity contribution in [3.8, 4) is 11.5 Å². The van der Waals surface area contributed by atoms with E-state index in [1.165, 1.54) is 14.2 Å². The molecule has 1 amide bonds. The van der Waals surface area contributed by atoms with Gasteiger partial charge in [0.05, 0.1) is 14.2 Å². The van der Waals surface area contributed by atoms with Crippen molar-refractivity contribution in [2.24, 2.45) is 5.92 Å². The fourth-order valence-electron chi connectivity index (χ4n) is 2.74. The molecule has 6 nitrogen and oxygen atoms in total. The Balaban J connectivity index is 2.10. The zero-order valence-electron chi connectivity index (χ0n) is 17.0. The number of amides is 1. The van der Waals surface area contributed by atoms with Gasteiger partial charge in [0, 0.05) is 10.6 Å². The number of hydrogen-bond acceptors (Lipinski definition) is 5. The average Bonchev–Trinajstić information content (AvgIpc) is 2.71. The van der Waals surface area contributed by atoms with Crippen LogP contribution in [0.1, 0.15) is 36.2 Å². The van der Waals surface area contributed by atoms with Crippen molar-refractivity contribution >= 4 is 23.5 Å². The first kappa shape index (κ1) is 22.6. The second-order valence-electron chi connectivity index (χ2n) is 6.96. The second-order valence-corrected chi connectivity index (χ2v) is 7.40. The van der Waals surface area contributed by atoms with Crippen molar-refractivity contribution in [3.63, 3.8) is 0 Å². The molecule has 1 atom stereocenters. The van der Waals surface area contributed by atoms with Gasteiger partial charge in [-0.25, -0.2) is 4.79 Å². The van der Waals surface area contributed by atoms with Gasteiger partial charge in [-0.1, -0.05) is 37.6 Å².